The smallest absolute Gasteiger partial charge is 0.141 e. The van der Waals surface area contributed by atoms with Crippen molar-refractivity contribution >= 4 is 0 Å². The van der Waals surface area contributed by atoms with Gasteiger partial charge in [-0.3, -0.25) is 4.98 Å². The summed E-state index contributed by atoms with van der Waals surface area (Å²) in [4.78, 5) is 3.89. The Bertz CT molecular complexity index is 320. The molecule has 17 heavy (non-hydrogen) atoms. The lowest BCUT2D eigenvalue weighted by atomic mass is 10.0. The lowest BCUT2D eigenvalue weighted by molar-refractivity contribution is 0.141. The monoisotopic (exact) mass is 240 g/mol. The number of nitrogens with zero attached hydrogens (tertiary/aromatic N) is 1. The third-order valence-electron chi connectivity index (χ3n) is 2.56. The van der Waals surface area contributed by atoms with E-state index in [-0.39, 0.29) is 11.9 Å². The summed E-state index contributed by atoms with van der Waals surface area (Å²) in [7, 11) is 0. The van der Waals surface area contributed by atoms with Crippen LogP contribution in [0.3, 0.4) is 0 Å². The van der Waals surface area contributed by atoms with Crippen molar-refractivity contribution in [2.45, 2.75) is 32.7 Å². The van der Waals surface area contributed by atoms with Crippen LogP contribution in [0.2, 0.25) is 0 Å². The first-order valence-electron chi connectivity index (χ1n) is 6.19. The van der Waals surface area contributed by atoms with Crippen LogP contribution in [0.4, 0.5) is 4.39 Å². The molecule has 0 aliphatic rings. The summed E-state index contributed by atoms with van der Waals surface area (Å²) >= 11 is 0. The van der Waals surface area contributed by atoms with Gasteiger partial charge < -0.3 is 10.1 Å². The van der Waals surface area contributed by atoms with E-state index in [1.165, 1.54) is 6.20 Å². The van der Waals surface area contributed by atoms with Crippen molar-refractivity contribution < 1.29 is 9.13 Å². The summed E-state index contributed by atoms with van der Waals surface area (Å²) in [5.74, 6) is -0.282. The molecule has 1 aromatic rings. The average molecular weight is 240 g/mol. The van der Waals surface area contributed by atoms with Crippen molar-refractivity contribution in [1.29, 1.82) is 0 Å². The fourth-order valence-corrected chi connectivity index (χ4v) is 1.79. The Morgan fingerprint density at radius 3 is 2.88 bits per heavy atom. The Morgan fingerprint density at radius 2 is 2.24 bits per heavy atom. The standard InChI is InChI=1S/C13H21FN2O/c1-3-16-13(6-5-7-17-4-2)11-8-12(14)10-15-9-11/h8-10,13,16H,3-7H2,1-2H3. The maximum Gasteiger partial charge on any atom is 0.141 e. The van der Waals surface area contributed by atoms with Gasteiger partial charge >= 0.3 is 0 Å². The largest absolute Gasteiger partial charge is 0.382 e. The molecule has 4 heteroatoms. The molecule has 0 bridgehead atoms. The van der Waals surface area contributed by atoms with E-state index in [4.69, 9.17) is 4.74 Å². The fraction of sp³-hybridized carbons (Fsp3) is 0.615. The van der Waals surface area contributed by atoms with Crippen molar-refractivity contribution in [3.63, 3.8) is 0 Å². The van der Waals surface area contributed by atoms with Gasteiger partial charge in [-0.05, 0) is 37.9 Å². The summed E-state index contributed by atoms with van der Waals surface area (Å²) in [5.41, 5.74) is 0.906. The minimum absolute atomic E-state index is 0.156. The maximum absolute atomic E-state index is 13.1. The third kappa shape index (κ3) is 5.24. The third-order valence-corrected chi connectivity index (χ3v) is 2.56. The van der Waals surface area contributed by atoms with Gasteiger partial charge in [0, 0.05) is 25.5 Å². The molecule has 0 aromatic carbocycles. The van der Waals surface area contributed by atoms with Gasteiger partial charge in [-0.15, -0.1) is 0 Å². The second kappa shape index (κ2) is 8.14. The number of halogens is 1. The minimum atomic E-state index is -0.282. The predicted molar refractivity (Wildman–Crippen MR) is 66.3 cm³/mol. The van der Waals surface area contributed by atoms with Crippen LogP contribution in [0.25, 0.3) is 0 Å². The van der Waals surface area contributed by atoms with Crippen LogP contribution in [0.1, 0.15) is 38.3 Å². The average Bonchev–Trinajstić information content (AvgIpc) is 2.33. The Kier molecular flexibility index (Phi) is 6.74. The topological polar surface area (TPSA) is 34.1 Å². The first-order chi connectivity index (χ1) is 8.27. The molecule has 1 unspecified atom stereocenters. The van der Waals surface area contributed by atoms with Crippen LogP contribution in [-0.4, -0.2) is 24.7 Å². The quantitative estimate of drug-likeness (QED) is 0.709. The molecular formula is C13H21FN2O. The molecule has 0 fully saturated rings. The van der Waals surface area contributed by atoms with Gasteiger partial charge in [-0.25, -0.2) is 4.39 Å². The molecule has 1 atom stereocenters. The molecular weight excluding hydrogens is 219 g/mol. The zero-order valence-electron chi connectivity index (χ0n) is 10.6. The summed E-state index contributed by atoms with van der Waals surface area (Å²) in [5, 5.41) is 3.34. The highest BCUT2D eigenvalue weighted by molar-refractivity contribution is 5.14. The van der Waals surface area contributed by atoms with Crippen LogP contribution in [0.15, 0.2) is 18.5 Å². The molecule has 0 spiro atoms. The van der Waals surface area contributed by atoms with E-state index < -0.39 is 0 Å². The summed E-state index contributed by atoms with van der Waals surface area (Å²) in [6.45, 7) is 6.38. The van der Waals surface area contributed by atoms with E-state index in [2.05, 4.69) is 10.3 Å². The highest BCUT2D eigenvalue weighted by atomic mass is 19.1. The van der Waals surface area contributed by atoms with Crippen molar-refractivity contribution in [2.75, 3.05) is 19.8 Å². The van der Waals surface area contributed by atoms with Gasteiger partial charge in [-0.1, -0.05) is 6.92 Å². The number of aromatic nitrogens is 1. The molecule has 0 saturated heterocycles. The Balaban J connectivity index is 2.52. The molecule has 1 N–H and O–H groups in total. The van der Waals surface area contributed by atoms with Gasteiger partial charge in [0.25, 0.3) is 0 Å². The number of hydrogen-bond donors (Lipinski definition) is 1. The van der Waals surface area contributed by atoms with E-state index in [0.29, 0.717) is 0 Å². The van der Waals surface area contributed by atoms with Crippen molar-refractivity contribution in [1.82, 2.24) is 10.3 Å². The maximum atomic E-state index is 13.1. The van der Waals surface area contributed by atoms with Gasteiger partial charge in [-0.2, -0.15) is 0 Å². The van der Waals surface area contributed by atoms with E-state index in [0.717, 1.165) is 38.2 Å². The highest BCUT2D eigenvalue weighted by Crippen LogP contribution is 2.18. The van der Waals surface area contributed by atoms with Crippen LogP contribution < -0.4 is 5.32 Å². The molecule has 0 saturated carbocycles. The molecule has 96 valence electrons. The number of ether oxygens (including phenoxy) is 1. The second-order valence-corrected chi connectivity index (χ2v) is 3.89. The normalized spacial score (nSPS) is 12.6. The van der Waals surface area contributed by atoms with Crippen LogP contribution >= 0.6 is 0 Å². The predicted octanol–water partition coefficient (Wildman–Crippen LogP) is 2.69. The number of rotatable bonds is 8. The van der Waals surface area contributed by atoms with E-state index in [1.807, 2.05) is 13.8 Å². The number of nitrogens with one attached hydrogen (secondary N) is 1. The lowest BCUT2D eigenvalue weighted by Crippen LogP contribution is -2.21. The van der Waals surface area contributed by atoms with Gasteiger partial charge in [0.2, 0.25) is 0 Å². The summed E-state index contributed by atoms with van der Waals surface area (Å²) < 4.78 is 18.4. The van der Waals surface area contributed by atoms with Crippen molar-refractivity contribution in [3.05, 3.63) is 29.8 Å². The molecule has 0 amide bonds. The molecule has 1 heterocycles. The molecule has 0 aliphatic carbocycles. The Labute approximate surface area is 102 Å². The second-order valence-electron chi connectivity index (χ2n) is 3.89. The van der Waals surface area contributed by atoms with Crippen molar-refractivity contribution in [2.24, 2.45) is 0 Å². The van der Waals surface area contributed by atoms with Crippen LogP contribution in [-0.2, 0) is 4.74 Å². The lowest BCUT2D eigenvalue weighted by Gasteiger charge is -2.17. The molecule has 0 radical (unpaired) electrons. The Morgan fingerprint density at radius 1 is 1.41 bits per heavy atom. The van der Waals surface area contributed by atoms with E-state index >= 15 is 0 Å². The zero-order valence-corrected chi connectivity index (χ0v) is 10.6. The SMILES string of the molecule is CCNC(CCCOCC)c1cncc(F)c1. The molecule has 1 rings (SSSR count). The van der Waals surface area contributed by atoms with Crippen LogP contribution in [0, 0.1) is 5.82 Å². The first kappa shape index (κ1) is 14.1. The van der Waals surface area contributed by atoms with E-state index in [9.17, 15) is 4.39 Å². The van der Waals surface area contributed by atoms with Gasteiger partial charge in [0.1, 0.15) is 5.82 Å². The van der Waals surface area contributed by atoms with Crippen molar-refractivity contribution in [3.8, 4) is 0 Å². The molecule has 3 nitrogen and oxygen atoms in total. The fourth-order valence-electron chi connectivity index (χ4n) is 1.79. The molecule has 0 aliphatic heterocycles. The van der Waals surface area contributed by atoms with Gasteiger partial charge in [0.15, 0.2) is 0 Å². The first-order valence-corrected chi connectivity index (χ1v) is 6.19. The van der Waals surface area contributed by atoms with Crippen LogP contribution in [0.5, 0.6) is 0 Å². The Hall–Kier alpha value is -1.00. The zero-order chi connectivity index (χ0) is 12.5. The minimum Gasteiger partial charge on any atom is -0.382 e. The van der Waals surface area contributed by atoms with E-state index in [1.54, 1.807) is 12.3 Å². The molecule has 1 aromatic heterocycles. The number of hydrogen-bond acceptors (Lipinski definition) is 3. The highest BCUT2D eigenvalue weighted by Gasteiger charge is 2.10. The summed E-state index contributed by atoms with van der Waals surface area (Å²) in [6.07, 6.45) is 4.84. The number of pyridine rings is 1. The summed E-state index contributed by atoms with van der Waals surface area (Å²) in [6, 6.07) is 1.70. The van der Waals surface area contributed by atoms with Gasteiger partial charge in [0.05, 0.1) is 6.20 Å².